The molecule has 0 fully saturated rings. The van der Waals surface area contributed by atoms with Crippen molar-refractivity contribution in [2.24, 2.45) is 0 Å². The van der Waals surface area contributed by atoms with Crippen LogP contribution in [0.25, 0.3) is 11.1 Å². The number of hydrogen-bond acceptors (Lipinski definition) is 4. The van der Waals surface area contributed by atoms with E-state index in [1.165, 1.54) is 12.3 Å². The molecule has 25 heavy (non-hydrogen) atoms. The summed E-state index contributed by atoms with van der Waals surface area (Å²) in [7, 11) is 0. The summed E-state index contributed by atoms with van der Waals surface area (Å²) in [5.41, 5.74) is 3.34. The van der Waals surface area contributed by atoms with Crippen LogP contribution in [0.1, 0.15) is 16.2 Å². The van der Waals surface area contributed by atoms with E-state index in [1.54, 1.807) is 12.3 Å². The number of H-pyrrole nitrogens is 1. The molecule has 0 spiro atoms. The highest BCUT2D eigenvalue weighted by molar-refractivity contribution is 6.30. The molecule has 0 radical (unpaired) electrons. The number of benzene rings is 1. The van der Waals surface area contributed by atoms with Gasteiger partial charge in [0.05, 0.1) is 12.7 Å². The number of amides is 1. The Kier molecular flexibility index (Phi) is 5.30. The van der Waals surface area contributed by atoms with Gasteiger partial charge in [-0.1, -0.05) is 23.7 Å². The molecule has 1 aromatic carbocycles. The number of nitrogens with one attached hydrogen (secondary N) is 2. The Morgan fingerprint density at radius 3 is 2.96 bits per heavy atom. The van der Waals surface area contributed by atoms with Gasteiger partial charge in [-0.2, -0.15) is 5.10 Å². The summed E-state index contributed by atoms with van der Waals surface area (Å²) in [4.78, 5) is 15.9. The minimum atomic E-state index is -0.283. The number of aromatic nitrogens is 3. The first-order valence-corrected chi connectivity index (χ1v) is 8.14. The Hall–Kier alpha value is -2.86. The van der Waals surface area contributed by atoms with Crippen LogP contribution in [-0.2, 0) is 0 Å². The van der Waals surface area contributed by atoms with Gasteiger partial charge in [0.15, 0.2) is 0 Å². The zero-order chi connectivity index (χ0) is 17.6. The summed E-state index contributed by atoms with van der Waals surface area (Å²) in [6.45, 7) is 2.68. The number of nitrogens with zero attached hydrogens (tertiary/aromatic N) is 2. The lowest BCUT2D eigenvalue weighted by Gasteiger charge is -2.09. The van der Waals surface area contributed by atoms with E-state index in [0.29, 0.717) is 18.2 Å². The van der Waals surface area contributed by atoms with E-state index in [2.05, 4.69) is 20.5 Å². The maximum atomic E-state index is 12.0. The molecule has 0 aliphatic carbocycles. The average molecular weight is 357 g/mol. The monoisotopic (exact) mass is 356 g/mol. The van der Waals surface area contributed by atoms with Crippen LogP contribution in [0.5, 0.6) is 5.75 Å². The summed E-state index contributed by atoms with van der Waals surface area (Å²) in [5.74, 6) is 0.446. The minimum absolute atomic E-state index is 0.282. The molecule has 2 heterocycles. The van der Waals surface area contributed by atoms with Gasteiger partial charge < -0.3 is 10.1 Å². The molecular formula is C18H17ClN4O2. The van der Waals surface area contributed by atoms with E-state index < -0.39 is 0 Å². The number of pyridine rings is 1. The van der Waals surface area contributed by atoms with Crippen LogP contribution in [0, 0.1) is 6.92 Å². The lowest BCUT2D eigenvalue weighted by molar-refractivity contribution is 0.0942. The second-order valence-electron chi connectivity index (χ2n) is 5.40. The molecule has 0 aliphatic heterocycles. The third-order valence-corrected chi connectivity index (χ3v) is 3.82. The number of aromatic amines is 1. The van der Waals surface area contributed by atoms with Crippen molar-refractivity contribution in [1.29, 1.82) is 0 Å². The Bertz CT molecular complexity index is 879. The van der Waals surface area contributed by atoms with Crippen LogP contribution in [0.15, 0.2) is 48.8 Å². The number of aryl methyl sites for hydroxylation is 1. The van der Waals surface area contributed by atoms with E-state index >= 15 is 0 Å². The van der Waals surface area contributed by atoms with Crippen LogP contribution in [0.3, 0.4) is 0 Å². The first-order valence-electron chi connectivity index (χ1n) is 7.76. The van der Waals surface area contributed by atoms with Crippen LogP contribution in [0.4, 0.5) is 0 Å². The van der Waals surface area contributed by atoms with Gasteiger partial charge in [0.1, 0.15) is 18.1 Å². The summed E-state index contributed by atoms with van der Waals surface area (Å²) in [6.07, 6.45) is 3.28. The van der Waals surface area contributed by atoms with Gasteiger partial charge in [-0.05, 0) is 36.8 Å². The maximum absolute atomic E-state index is 12.0. The van der Waals surface area contributed by atoms with Crippen molar-refractivity contribution >= 4 is 17.5 Å². The molecule has 0 aliphatic rings. The number of rotatable bonds is 6. The molecule has 0 saturated carbocycles. The fraction of sp³-hybridized carbons (Fsp3) is 0.167. The van der Waals surface area contributed by atoms with Crippen LogP contribution >= 0.6 is 11.6 Å². The molecule has 0 unspecified atom stereocenters. The summed E-state index contributed by atoms with van der Waals surface area (Å²) in [6, 6.07) is 10.9. The van der Waals surface area contributed by atoms with Gasteiger partial charge in [-0.15, -0.1) is 0 Å². The van der Waals surface area contributed by atoms with Crippen molar-refractivity contribution < 1.29 is 9.53 Å². The molecule has 2 aromatic heterocycles. The number of carbonyl (C=O) groups excluding carboxylic acids is 1. The molecule has 128 valence electrons. The maximum Gasteiger partial charge on any atom is 0.270 e. The summed E-state index contributed by atoms with van der Waals surface area (Å²) >= 11 is 5.85. The topological polar surface area (TPSA) is 79.9 Å². The van der Waals surface area contributed by atoms with E-state index in [-0.39, 0.29) is 11.6 Å². The highest BCUT2D eigenvalue weighted by Gasteiger charge is 2.07. The Morgan fingerprint density at radius 2 is 2.20 bits per heavy atom. The number of ether oxygens (including phenoxy) is 1. The molecule has 6 nitrogen and oxygen atoms in total. The first kappa shape index (κ1) is 17.0. The molecule has 0 saturated heterocycles. The second-order valence-corrected chi connectivity index (χ2v) is 5.84. The van der Waals surface area contributed by atoms with Crippen LogP contribution in [0.2, 0.25) is 5.02 Å². The quantitative estimate of drug-likeness (QED) is 0.664. The average Bonchev–Trinajstić information content (AvgIpc) is 3.05. The zero-order valence-electron chi connectivity index (χ0n) is 13.6. The van der Waals surface area contributed by atoms with E-state index in [9.17, 15) is 4.79 Å². The fourth-order valence-electron chi connectivity index (χ4n) is 2.35. The highest BCUT2D eigenvalue weighted by Crippen LogP contribution is 2.25. The van der Waals surface area contributed by atoms with Gasteiger partial charge in [0.2, 0.25) is 0 Å². The SMILES string of the molecule is Cc1[nH]ncc1-c1cccc(OCCNC(=O)c2cc(Cl)ccn2)c1. The Balaban J connectivity index is 1.53. The second kappa shape index (κ2) is 7.81. The van der Waals surface area contributed by atoms with Crippen molar-refractivity contribution in [3.63, 3.8) is 0 Å². The van der Waals surface area contributed by atoms with Crippen LogP contribution < -0.4 is 10.1 Å². The highest BCUT2D eigenvalue weighted by atomic mass is 35.5. The van der Waals surface area contributed by atoms with E-state index in [4.69, 9.17) is 16.3 Å². The Morgan fingerprint density at radius 1 is 1.32 bits per heavy atom. The largest absolute Gasteiger partial charge is 0.492 e. The van der Waals surface area contributed by atoms with Crippen molar-refractivity contribution in [1.82, 2.24) is 20.5 Å². The molecule has 3 rings (SSSR count). The van der Waals surface area contributed by atoms with Crippen LogP contribution in [-0.4, -0.2) is 34.2 Å². The smallest absolute Gasteiger partial charge is 0.270 e. The number of carbonyl (C=O) groups is 1. The van der Waals surface area contributed by atoms with Gasteiger partial charge in [0, 0.05) is 22.5 Å². The van der Waals surface area contributed by atoms with E-state index in [1.807, 2.05) is 31.2 Å². The van der Waals surface area contributed by atoms with Crippen molar-refractivity contribution in [3.05, 3.63) is 65.2 Å². The molecule has 0 atom stereocenters. The normalized spacial score (nSPS) is 10.5. The summed E-state index contributed by atoms with van der Waals surface area (Å²) in [5, 5.41) is 10.2. The standard InChI is InChI=1S/C18H17ClN4O2/c1-12-16(11-22-23-12)13-3-2-4-15(9-13)25-8-7-21-18(24)17-10-14(19)5-6-20-17/h2-6,9-11H,7-8H2,1H3,(H,21,24)(H,22,23). The molecule has 2 N–H and O–H groups in total. The van der Waals surface area contributed by atoms with E-state index in [0.717, 1.165) is 22.6 Å². The predicted octanol–water partition coefficient (Wildman–Crippen LogP) is 3.24. The van der Waals surface area contributed by atoms with Gasteiger partial charge in [-0.25, -0.2) is 0 Å². The lowest BCUT2D eigenvalue weighted by Crippen LogP contribution is -2.28. The molecular weight excluding hydrogens is 340 g/mol. The predicted molar refractivity (Wildman–Crippen MR) is 95.8 cm³/mol. The third kappa shape index (κ3) is 4.36. The van der Waals surface area contributed by atoms with Crippen molar-refractivity contribution in [2.45, 2.75) is 6.92 Å². The zero-order valence-corrected chi connectivity index (χ0v) is 14.4. The molecule has 0 bridgehead atoms. The Labute approximate surface area is 150 Å². The van der Waals surface area contributed by atoms with Gasteiger partial charge >= 0.3 is 0 Å². The molecule has 3 aromatic rings. The fourth-order valence-corrected chi connectivity index (χ4v) is 2.51. The molecule has 7 heteroatoms. The van der Waals surface area contributed by atoms with Gasteiger partial charge in [0.25, 0.3) is 5.91 Å². The molecule has 1 amide bonds. The van der Waals surface area contributed by atoms with Crippen molar-refractivity contribution in [3.8, 4) is 16.9 Å². The first-order chi connectivity index (χ1) is 12.1. The number of halogens is 1. The van der Waals surface area contributed by atoms with Crippen molar-refractivity contribution in [2.75, 3.05) is 13.2 Å². The van der Waals surface area contributed by atoms with Gasteiger partial charge in [-0.3, -0.25) is 14.9 Å². The minimum Gasteiger partial charge on any atom is -0.492 e. The number of hydrogen-bond donors (Lipinski definition) is 2. The summed E-state index contributed by atoms with van der Waals surface area (Å²) < 4.78 is 5.70. The lowest BCUT2D eigenvalue weighted by atomic mass is 10.1. The third-order valence-electron chi connectivity index (χ3n) is 3.59.